The topological polar surface area (TPSA) is 79.5 Å². The second kappa shape index (κ2) is 7.52. The molecule has 0 heterocycles. The van der Waals surface area contributed by atoms with Gasteiger partial charge in [-0.15, -0.1) is 0 Å². The SMILES string of the molecule is COc1ccccc1C(=O)NNC(=O)NC1CCCCC1. The number of para-hydroxylation sites is 1. The van der Waals surface area contributed by atoms with Crippen molar-refractivity contribution in [3.05, 3.63) is 29.8 Å². The van der Waals surface area contributed by atoms with Crippen LogP contribution in [0.4, 0.5) is 4.79 Å². The van der Waals surface area contributed by atoms with Gasteiger partial charge in [-0.25, -0.2) is 10.2 Å². The van der Waals surface area contributed by atoms with Gasteiger partial charge in [0, 0.05) is 6.04 Å². The first-order chi connectivity index (χ1) is 10.2. The molecule has 21 heavy (non-hydrogen) atoms. The van der Waals surface area contributed by atoms with Gasteiger partial charge >= 0.3 is 6.03 Å². The second-order valence-electron chi connectivity index (χ2n) is 5.09. The van der Waals surface area contributed by atoms with E-state index in [-0.39, 0.29) is 12.1 Å². The highest BCUT2D eigenvalue weighted by Gasteiger charge is 2.16. The number of carbonyl (C=O) groups is 2. The molecule has 0 atom stereocenters. The van der Waals surface area contributed by atoms with Crippen molar-refractivity contribution in [2.75, 3.05) is 7.11 Å². The number of ether oxygens (including phenoxy) is 1. The largest absolute Gasteiger partial charge is 0.496 e. The van der Waals surface area contributed by atoms with Gasteiger partial charge in [0.25, 0.3) is 5.91 Å². The lowest BCUT2D eigenvalue weighted by Crippen LogP contribution is -2.50. The zero-order valence-electron chi connectivity index (χ0n) is 12.1. The Labute approximate surface area is 124 Å². The molecule has 1 aliphatic rings. The summed E-state index contributed by atoms with van der Waals surface area (Å²) in [6, 6.07) is 6.65. The number of nitrogens with one attached hydrogen (secondary N) is 3. The number of amides is 3. The predicted molar refractivity (Wildman–Crippen MR) is 79.0 cm³/mol. The van der Waals surface area contributed by atoms with Crippen molar-refractivity contribution in [3.63, 3.8) is 0 Å². The molecule has 3 N–H and O–H groups in total. The molecule has 6 nitrogen and oxygen atoms in total. The highest BCUT2D eigenvalue weighted by molar-refractivity contribution is 5.97. The molecule has 0 unspecified atom stereocenters. The van der Waals surface area contributed by atoms with Gasteiger partial charge < -0.3 is 10.1 Å². The highest BCUT2D eigenvalue weighted by atomic mass is 16.5. The van der Waals surface area contributed by atoms with Crippen molar-refractivity contribution >= 4 is 11.9 Å². The Balaban J connectivity index is 1.81. The zero-order chi connectivity index (χ0) is 15.1. The van der Waals surface area contributed by atoms with E-state index in [2.05, 4.69) is 16.2 Å². The summed E-state index contributed by atoms with van der Waals surface area (Å²) < 4.78 is 5.11. The molecule has 0 spiro atoms. The summed E-state index contributed by atoms with van der Waals surface area (Å²) in [5.74, 6) is 0.0516. The first kappa shape index (κ1) is 15.2. The average molecular weight is 291 g/mol. The Bertz CT molecular complexity index is 499. The van der Waals surface area contributed by atoms with Gasteiger partial charge in [-0.3, -0.25) is 10.2 Å². The predicted octanol–water partition coefficient (Wildman–Crippen LogP) is 1.97. The standard InChI is InChI=1S/C15H21N3O3/c1-21-13-10-6-5-9-12(13)14(19)17-18-15(20)16-11-7-3-2-4-8-11/h5-6,9-11H,2-4,7-8H2,1H3,(H,17,19)(H2,16,18,20). The van der Waals surface area contributed by atoms with E-state index >= 15 is 0 Å². The van der Waals surface area contributed by atoms with Crippen LogP contribution in [-0.2, 0) is 0 Å². The minimum absolute atomic E-state index is 0.196. The van der Waals surface area contributed by atoms with Gasteiger partial charge in [-0.1, -0.05) is 31.4 Å². The van der Waals surface area contributed by atoms with Crippen LogP contribution < -0.4 is 20.9 Å². The van der Waals surface area contributed by atoms with E-state index in [4.69, 9.17) is 4.74 Å². The summed E-state index contributed by atoms with van der Waals surface area (Å²) in [5.41, 5.74) is 5.13. The third-order valence-electron chi connectivity index (χ3n) is 3.58. The summed E-state index contributed by atoms with van der Waals surface area (Å²) in [6.07, 6.45) is 5.49. The lowest BCUT2D eigenvalue weighted by Gasteiger charge is -2.22. The van der Waals surface area contributed by atoms with Crippen LogP contribution in [-0.4, -0.2) is 25.1 Å². The van der Waals surface area contributed by atoms with Gasteiger partial charge in [0.1, 0.15) is 5.75 Å². The van der Waals surface area contributed by atoms with Crippen LogP contribution in [0.1, 0.15) is 42.5 Å². The number of hydrazine groups is 1. The Kier molecular flexibility index (Phi) is 5.43. The first-order valence-corrected chi connectivity index (χ1v) is 7.20. The van der Waals surface area contributed by atoms with Crippen LogP contribution in [0.5, 0.6) is 5.75 Å². The van der Waals surface area contributed by atoms with Crippen molar-refractivity contribution in [2.24, 2.45) is 0 Å². The number of hydrogen-bond donors (Lipinski definition) is 3. The minimum Gasteiger partial charge on any atom is -0.496 e. The Morgan fingerprint density at radius 2 is 1.81 bits per heavy atom. The summed E-state index contributed by atoms with van der Waals surface area (Å²) in [5, 5.41) is 2.86. The third kappa shape index (κ3) is 4.37. The molecule has 3 amide bonds. The van der Waals surface area contributed by atoms with E-state index in [9.17, 15) is 9.59 Å². The maximum absolute atomic E-state index is 12.0. The van der Waals surface area contributed by atoms with E-state index in [1.807, 2.05) is 0 Å². The molecular formula is C15H21N3O3. The van der Waals surface area contributed by atoms with E-state index in [1.54, 1.807) is 24.3 Å². The minimum atomic E-state index is -0.411. The van der Waals surface area contributed by atoms with Crippen molar-refractivity contribution in [1.29, 1.82) is 0 Å². The van der Waals surface area contributed by atoms with Crippen LogP contribution in [0, 0.1) is 0 Å². The van der Waals surface area contributed by atoms with E-state index in [0.717, 1.165) is 25.7 Å². The van der Waals surface area contributed by atoms with Gasteiger partial charge in [0.05, 0.1) is 12.7 Å². The Hall–Kier alpha value is -2.24. The maximum Gasteiger partial charge on any atom is 0.333 e. The normalized spacial score (nSPS) is 15.1. The van der Waals surface area contributed by atoms with Crippen molar-refractivity contribution in [1.82, 2.24) is 16.2 Å². The van der Waals surface area contributed by atoms with Crippen LogP contribution in [0.2, 0.25) is 0 Å². The van der Waals surface area contributed by atoms with Gasteiger partial charge in [-0.2, -0.15) is 0 Å². The number of rotatable bonds is 3. The average Bonchev–Trinajstić information content (AvgIpc) is 2.53. The smallest absolute Gasteiger partial charge is 0.333 e. The maximum atomic E-state index is 12.0. The fourth-order valence-electron chi connectivity index (χ4n) is 2.48. The monoisotopic (exact) mass is 291 g/mol. The molecule has 0 radical (unpaired) electrons. The van der Waals surface area contributed by atoms with Crippen LogP contribution in [0.15, 0.2) is 24.3 Å². The summed E-state index contributed by atoms with van der Waals surface area (Å²) in [4.78, 5) is 23.7. The fourth-order valence-corrected chi connectivity index (χ4v) is 2.48. The molecule has 0 aliphatic heterocycles. The summed E-state index contributed by atoms with van der Waals surface area (Å²) >= 11 is 0. The summed E-state index contributed by atoms with van der Waals surface area (Å²) in [6.45, 7) is 0. The summed E-state index contributed by atoms with van der Waals surface area (Å²) in [7, 11) is 1.50. The second-order valence-corrected chi connectivity index (χ2v) is 5.09. The molecule has 114 valence electrons. The molecule has 1 aromatic carbocycles. The van der Waals surface area contributed by atoms with Crippen LogP contribution >= 0.6 is 0 Å². The lowest BCUT2D eigenvalue weighted by atomic mass is 9.96. The van der Waals surface area contributed by atoms with Crippen molar-refractivity contribution < 1.29 is 14.3 Å². The molecular weight excluding hydrogens is 270 g/mol. The van der Waals surface area contributed by atoms with E-state index in [0.29, 0.717) is 11.3 Å². The Morgan fingerprint density at radius 1 is 1.10 bits per heavy atom. The molecule has 1 fully saturated rings. The number of methoxy groups -OCH3 is 1. The molecule has 6 heteroatoms. The third-order valence-corrected chi connectivity index (χ3v) is 3.58. The van der Waals surface area contributed by atoms with Gasteiger partial charge in [0.2, 0.25) is 0 Å². The molecule has 1 aliphatic carbocycles. The molecule has 0 aromatic heterocycles. The van der Waals surface area contributed by atoms with Gasteiger partial charge in [-0.05, 0) is 25.0 Å². The van der Waals surface area contributed by atoms with E-state index < -0.39 is 5.91 Å². The molecule has 2 rings (SSSR count). The zero-order valence-corrected chi connectivity index (χ0v) is 12.1. The van der Waals surface area contributed by atoms with Gasteiger partial charge in [0.15, 0.2) is 0 Å². The number of urea groups is 1. The number of hydrogen-bond acceptors (Lipinski definition) is 3. The molecule has 0 bridgehead atoms. The molecule has 1 aromatic rings. The Morgan fingerprint density at radius 3 is 2.52 bits per heavy atom. The van der Waals surface area contributed by atoms with Crippen LogP contribution in [0.25, 0.3) is 0 Å². The lowest BCUT2D eigenvalue weighted by molar-refractivity contribution is 0.0932. The molecule has 0 saturated heterocycles. The highest BCUT2D eigenvalue weighted by Crippen LogP contribution is 2.17. The number of benzene rings is 1. The number of carbonyl (C=O) groups excluding carboxylic acids is 2. The first-order valence-electron chi connectivity index (χ1n) is 7.20. The van der Waals surface area contributed by atoms with E-state index in [1.165, 1.54) is 13.5 Å². The molecule has 1 saturated carbocycles. The van der Waals surface area contributed by atoms with Crippen LogP contribution in [0.3, 0.4) is 0 Å². The van der Waals surface area contributed by atoms with Crippen molar-refractivity contribution in [2.45, 2.75) is 38.1 Å². The van der Waals surface area contributed by atoms with Crippen molar-refractivity contribution in [3.8, 4) is 5.75 Å². The fraction of sp³-hybridized carbons (Fsp3) is 0.467. The quantitative estimate of drug-likeness (QED) is 0.745.